The molecule has 0 radical (unpaired) electrons. The quantitative estimate of drug-likeness (QED) is 0.118. The van der Waals surface area contributed by atoms with Gasteiger partial charge in [0.2, 0.25) is 5.75 Å². The molecule has 2 aromatic carbocycles. The number of hydrogen-bond acceptors (Lipinski definition) is 6. The van der Waals surface area contributed by atoms with E-state index in [-0.39, 0.29) is 29.7 Å². The van der Waals surface area contributed by atoms with E-state index < -0.39 is 4.92 Å². The zero-order valence-electron chi connectivity index (χ0n) is 17.7. The van der Waals surface area contributed by atoms with Gasteiger partial charge in [-0.1, -0.05) is 18.2 Å². The Labute approximate surface area is 198 Å². The van der Waals surface area contributed by atoms with E-state index in [0.29, 0.717) is 42.8 Å². The van der Waals surface area contributed by atoms with Gasteiger partial charge in [0.25, 0.3) is 5.69 Å². The highest BCUT2D eigenvalue weighted by molar-refractivity contribution is 14.0. The molecule has 0 unspecified atom stereocenters. The monoisotopic (exact) mass is 542 g/mol. The van der Waals surface area contributed by atoms with Crippen molar-refractivity contribution >= 4 is 35.6 Å². The summed E-state index contributed by atoms with van der Waals surface area (Å²) in [5.41, 5.74) is 1.82. The molecule has 0 saturated heterocycles. The normalized spacial score (nSPS) is 10.5. The fraction of sp³-hybridized carbons (Fsp3) is 0.286. The summed E-state index contributed by atoms with van der Waals surface area (Å²) in [5.74, 6) is 2.21. The Balaban J connectivity index is 0.00000480. The summed E-state index contributed by atoms with van der Waals surface area (Å²) in [6.45, 7) is 5.05. The summed E-state index contributed by atoms with van der Waals surface area (Å²) in [6.07, 6.45) is 1.72. The van der Waals surface area contributed by atoms with Crippen LogP contribution in [-0.4, -0.2) is 38.8 Å². The van der Waals surface area contributed by atoms with Gasteiger partial charge in [0.15, 0.2) is 17.5 Å². The molecule has 0 heterocycles. The maximum absolute atomic E-state index is 10.8. The van der Waals surface area contributed by atoms with Gasteiger partial charge in [0.1, 0.15) is 0 Å². The Morgan fingerprint density at radius 2 is 1.68 bits per heavy atom. The molecule has 0 aliphatic rings. The number of nitrogens with one attached hydrogen (secondary N) is 2. The molecule has 0 saturated carbocycles. The van der Waals surface area contributed by atoms with Crippen LogP contribution in [0.2, 0.25) is 0 Å². The van der Waals surface area contributed by atoms with Crippen LogP contribution in [0.15, 0.2) is 54.0 Å². The van der Waals surface area contributed by atoms with Crippen molar-refractivity contribution in [1.29, 1.82) is 0 Å². The molecule has 10 heteroatoms. The highest BCUT2D eigenvalue weighted by Crippen LogP contribution is 2.38. The Bertz CT molecular complexity index is 878. The van der Waals surface area contributed by atoms with E-state index in [1.807, 2.05) is 12.1 Å². The van der Waals surface area contributed by atoms with Gasteiger partial charge in [0.05, 0.1) is 32.8 Å². The molecule has 2 N–H and O–H groups in total. The third kappa shape index (κ3) is 7.63. The van der Waals surface area contributed by atoms with Crippen LogP contribution in [0.3, 0.4) is 0 Å². The van der Waals surface area contributed by atoms with Gasteiger partial charge in [0, 0.05) is 25.2 Å². The topological polar surface area (TPSA) is 107 Å². The predicted molar refractivity (Wildman–Crippen MR) is 131 cm³/mol. The van der Waals surface area contributed by atoms with Crippen LogP contribution >= 0.6 is 24.0 Å². The second-order valence-corrected chi connectivity index (χ2v) is 6.15. The first-order valence-electron chi connectivity index (χ1n) is 9.17. The second kappa shape index (κ2) is 13.3. The molecule has 31 heavy (non-hydrogen) atoms. The van der Waals surface area contributed by atoms with Gasteiger partial charge in [-0.05, 0) is 23.3 Å². The van der Waals surface area contributed by atoms with E-state index in [9.17, 15) is 10.1 Å². The molecule has 0 aromatic heterocycles. The number of halogens is 1. The molecule has 0 amide bonds. The third-order valence-electron chi connectivity index (χ3n) is 4.17. The van der Waals surface area contributed by atoms with Crippen LogP contribution in [0.4, 0.5) is 5.69 Å². The number of benzene rings is 2. The molecular formula is C21H27IN4O5. The number of hydrogen-bond donors (Lipinski definition) is 2. The number of ether oxygens (including phenoxy) is 3. The molecule has 0 fully saturated rings. The SMILES string of the molecule is C=CCNC(=NCc1cc(OC)c(OC)c(OC)c1)NCc1ccc([N+](=O)[O-])cc1.I. The van der Waals surface area contributed by atoms with Gasteiger partial charge < -0.3 is 24.8 Å². The van der Waals surface area contributed by atoms with E-state index in [1.54, 1.807) is 39.5 Å². The molecule has 0 bridgehead atoms. The molecular weight excluding hydrogens is 515 g/mol. The number of guanidine groups is 1. The van der Waals surface area contributed by atoms with Gasteiger partial charge >= 0.3 is 0 Å². The lowest BCUT2D eigenvalue weighted by Gasteiger charge is -2.14. The predicted octanol–water partition coefficient (Wildman–Crippen LogP) is 3.66. The van der Waals surface area contributed by atoms with Crippen LogP contribution in [0, 0.1) is 10.1 Å². The van der Waals surface area contributed by atoms with Gasteiger partial charge in [-0.25, -0.2) is 4.99 Å². The molecule has 9 nitrogen and oxygen atoms in total. The van der Waals surface area contributed by atoms with Gasteiger partial charge in [-0.3, -0.25) is 10.1 Å². The van der Waals surface area contributed by atoms with E-state index in [2.05, 4.69) is 22.2 Å². The largest absolute Gasteiger partial charge is 0.493 e. The van der Waals surface area contributed by atoms with Crippen molar-refractivity contribution in [1.82, 2.24) is 10.6 Å². The minimum atomic E-state index is -0.423. The standard InChI is InChI=1S/C21H26N4O5.HI/c1-5-10-22-21(23-13-15-6-8-17(9-7-15)25(26)27)24-14-16-11-18(28-2)20(30-4)19(12-16)29-3;/h5-9,11-12H,1,10,13-14H2,2-4H3,(H2,22,23,24);1H. The third-order valence-corrected chi connectivity index (χ3v) is 4.17. The number of rotatable bonds is 10. The molecule has 2 rings (SSSR count). The van der Waals surface area contributed by atoms with Crippen molar-refractivity contribution in [2.45, 2.75) is 13.1 Å². The average Bonchev–Trinajstić information content (AvgIpc) is 2.77. The van der Waals surface area contributed by atoms with Crippen LogP contribution in [-0.2, 0) is 13.1 Å². The Kier molecular flexibility index (Phi) is 11.2. The lowest BCUT2D eigenvalue weighted by molar-refractivity contribution is -0.384. The zero-order valence-corrected chi connectivity index (χ0v) is 20.0. The molecule has 0 aliphatic carbocycles. The van der Waals surface area contributed by atoms with Crippen molar-refractivity contribution in [3.8, 4) is 17.2 Å². The van der Waals surface area contributed by atoms with Crippen molar-refractivity contribution in [2.75, 3.05) is 27.9 Å². The molecule has 2 aromatic rings. The lowest BCUT2D eigenvalue weighted by atomic mass is 10.2. The summed E-state index contributed by atoms with van der Waals surface area (Å²) >= 11 is 0. The number of nitro groups is 1. The number of non-ortho nitro benzene ring substituents is 1. The summed E-state index contributed by atoms with van der Waals surface area (Å²) < 4.78 is 16.1. The van der Waals surface area contributed by atoms with Crippen LogP contribution in [0.1, 0.15) is 11.1 Å². The Hall–Kier alpha value is -3.02. The van der Waals surface area contributed by atoms with Crippen molar-refractivity contribution < 1.29 is 19.1 Å². The first-order chi connectivity index (χ1) is 14.5. The maximum atomic E-state index is 10.8. The smallest absolute Gasteiger partial charge is 0.269 e. The van der Waals surface area contributed by atoms with Crippen molar-refractivity contribution in [3.05, 3.63) is 70.3 Å². The summed E-state index contributed by atoms with van der Waals surface area (Å²) in [7, 11) is 4.68. The summed E-state index contributed by atoms with van der Waals surface area (Å²) in [6, 6.07) is 10.0. The van der Waals surface area contributed by atoms with Crippen molar-refractivity contribution in [2.24, 2.45) is 4.99 Å². The number of methoxy groups -OCH3 is 3. The van der Waals surface area contributed by atoms with Crippen LogP contribution in [0.25, 0.3) is 0 Å². The second-order valence-electron chi connectivity index (χ2n) is 6.15. The Morgan fingerprint density at radius 1 is 1.06 bits per heavy atom. The fourth-order valence-electron chi connectivity index (χ4n) is 2.66. The van der Waals surface area contributed by atoms with Crippen molar-refractivity contribution in [3.63, 3.8) is 0 Å². The van der Waals surface area contributed by atoms with E-state index >= 15 is 0 Å². The number of nitro benzene ring substituents is 1. The maximum Gasteiger partial charge on any atom is 0.269 e. The summed E-state index contributed by atoms with van der Waals surface area (Å²) in [4.78, 5) is 14.9. The Morgan fingerprint density at radius 3 is 2.16 bits per heavy atom. The molecule has 0 aliphatic heterocycles. The fourth-order valence-corrected chi connectivity index (χ4v) is 2.66. The van der Waals surface area contributed by atoms with Crippen LogP contribution in [0.5, 0.6) is 17.2 Å². The average molecular weight is 542 g/mol. The minimum absolute atomic E-state index is 0. The number of aliphatic imine (C=N–C) groups is 1. The number of nitrogens with zero attached hydrogens (tertiary/aromatic N) is 2. The minimum Gasteiger partial charge on any atom is -0.493 e. The zero-order chi connectivity index (χ0) is 21.9. The van der Waals surface area contributed by atoms with E-state index in [4.69, 9.17) is 14.2 Å². The summed E-state index contributed by atoms with van der Waals surface area (Å²) in [5, 5.41) is 17.1. The van der Waals surface area contributed by atoms with E-state index in [0.717, 1.165) is 11.1 Å². The highest BCUT2D eigenvalue weighted by atomic mass is 127. The molecule has 168 valence electrons. The lowest BCUT2D eigenvalue weighted by Crippen LogP contribution is -2.37. The van der Waals surface area contributed by atoms with Crippen LogP contribution < -0.4 is 24.8 Å². The van der Waals surface area contributed by atoms with Gasteiger partial charge in [-0.2, -0.15) is 0 Å². The van der Waals surface area contributed by atoms with E-state index in [1.165, 1.54) is 12.1 Å². The first kappa shape index (κ1) is 26.0. The highest BCUT2D eigenvalue weighted by Gasteiger charge is 2.13. The van der Waals surface area contributed by atoms with Gasteiger partial charge in [-0.15, -0.1) is 30.6 Å². The first-order valence-corrected chi connectivity index (χ1v) is 9.17. The molecule has 0 spiro atoms. The molecule has 0 atom stereocenters.